The fourth-order valence-corrected chi connectivity index (χ4v) is 4.43. The zero-order valence-electron chi connectivity index (χ0n) is 19.7. The van der Waals surface area contributed by atoms with Gasteiger partial charge >= 0.3 is 0 Å². The van der Waals surface area contributed by atoms with Crippen LogP contribution in [0, 0.1) is 18.6 Å². The van der Waals surface area contributed by atoms with Gasteiger partial charge in [0.15, 0.2) is 11.6 Å². The summed E-state index contributed by atoms with van der Waals surface area (Å²) in [5, 5.41) is 0. The predicted octanol–water partition coefficient (Wildman–Crippen LogP) is 2.95. The summed E-state index contributed by atoms with van der Waals surface area (Å²) < 4.78 is 39.2. The molecule has 4 rings (SSSR count). The Bertz CT molecular complexity index is 951. The van der Waals surface area contributed by atoms with Crippen LogP contribution in [0.1, 0.15) is 21.5 Å². The highest BCUT2D eigenvalue weighted by atomic mass is 19.2. The molecule has 1 unspecified atom stereocenters. The average molecular weight is 474 g/mol. The molecular weight excluding hydrogens is 440 g/mol. The first-order valence-electron chi connectivity index (χ1n) is 11.9. The summed E-state index contributed by atoms with van der Waals surface area (Å²) in [6, 6.07) is 11.9. The van der Waals surface area contributed by atoms with Crippen molar-refractivity contribution in [1.82, 2.24) is 14.7 Å². The molecular formula is C26H33F2N3O3. The van der Waals surface area contributed by atoms with E-state index in [0.717, 1.165) is 31.3 Å². The summed E-state index contributed by atoms with van der Waals surface area (Å²) in [6.45, 7) is 8.91. The van der Waals surface area contributed by atoms with Gasteiger partial charge in [-0.2, -0.15) is 0 Å². The quantitative estimate of drug-likeness (QED) is 0.590. The lowest BCUT2D eigenvalue weighted by atomic mass is 10.1. The number of ether oxygens (including phenoxy) is 2. The minimum absolute atomic E-state index is 0.0230. The normalized spacial score (nSPS) is 19.8. The van der Waals surface area contributed by atoms with Crippen molar-refractivity contribution < 1.29 is 23.0 Å². The molecule has 1 atom stereocenters. The number of hydrogen-bond acceptors (Lipinski definition) is 5. The number of benzene rings is 2. The molecule has 2 aromatic carbocycles. The molecule has 2 aromatic rings. The number of aryl methyl sites for hydroxylation is 1. The van der Waals surface area contributed by atoms with E-state index < -0.39 is 11.6 Å². The predicted molar refractivity (Wildman–Crippen MR) is 126 cm³/mol. The number of amides is 1. The molecule has 184 valence electrons. The van der Waals surface area contributed by atoms with Gasteiger partial charge in [0, 0.05) is 63.5 Å². The first-order valence-corrected chi connectivity index (χ1v) is 11.9. The summed E-state index contributed by atoms with van der Waals surface area (Å²) in [4.78, 5) is 19.6. The van der Waals surface area contributed by atoms with E-state index in [-0.39, 0.29) is 12.0 Å². The fourth-order valence-electron chi connectivity index (χ4n) is 4.43. The van der Waals surface area contributed by atoms with Gasteiger partial charge in [-0.15, -0.1) is 0 Å². The molecule has 0 aliphatic carbocycles. The fraction of sp³-hybridized carbons (Fsp3) is 0.500. The maximum Gasteiger partial charge on any atom is 0.253 e. The molecule has 6 nitrogen and oxygen atoms in total. The standard InChI is InChI=1S/C26H33F2N3O3/c1-20-5-7-21(8-6-20)26(32)31(10-9-29-11-14-33-15-12-29)19-23-18-30(13-16-34-23)17-22-3-2-4-24(27)25(22)28/h2-8,23H,9-19H2,1H3. The molecule has 0 N–H and O–H groups in total. The second kappa shape index (κ2) is 11.8. The third-order valence-corrected chi connectivity index (χ3v) is 6.45. The van der Waals surface area contributed by atoms with Gasteiger partial charge in [0.05, 0.1) is 25.9 Å². The first-order chi connectivity index (χ1) is 16.5. The molecule has 2 heterocycles. The zero-order chi connectivity index (χ0) is 23.9. The van der Waals surface area contributed by atoms with Crippen LogP contribution in [0.15, 0.2) is 42.5 Å². The van der Waals surface area contributed by atoms with Crippen LogP contribution in [-0.2, 0) is 16.0 Å². The number of halogens is 2. The largest absolute Gasteiger partial charge is 0.379 e. The van der Waals surface area contributed by atoms with Crippen LogP contribution in [0.3, 0.4) is 0 Å². The van der Waals surface area contributed by atoms with Crippen molar-refractivity contribution in [3.63, 3.8) is 0 Å². The van der Waals surface area contributed by atoms with Crippen LogP contribution in [0.5, 0.6) is 0 Å². The van der Waals surface area contributed by atoms with E-state index in [9.17, 15) is 13.6 Å². The summed E-state index contributed by atoms with van der Waals surface area (Å²) in [5.74, 6) is -1.65. The second-order valence-corrected chi connectivity index (χ2v) is 9.01. The Morgan fingerprint density at radius 2 is 1.76 bits per heavy atom. The summed E-state index contributed by atoms with van der Waals surface area (Å²) in [7, 11) is 0. The van der Waals surface area contributed by atoms with Crippen LogP contribution in [0.2, 0.25) is 0 Å². The molecule has 0 spiro atoms. The van der Waals surface area contributed by atoms with Crippen molar-refractivity contribution in [2.75, 3.05) is 65.6 Å². The minimum atomic E-state index is -0.833. The molecule has 0 aromatic heterocycles. The Hall–Kier alpha value is -2.39. The molecule has 34 heavy (non-hydrogen) atoms. The van der Waals surface area contributed by atoms with Crippen LogP contribution in [-0.4, -0.2) is 92.3 Å². The van der Waals surface area contributed by atoms with Gasteiger partial charge in [-0.05, 0) is 25.1 Å². The van der Waals surface area contributed by atoms with E-state index in [1.54, 1.807) is 6.07 Å². The number of nitrogens with zero attached hydrogens (tertiary/aromatic N) is 3. The van der Waals surface area contributed by atoms with Crippen molar-refractivity contribution in [2.45, 2.75) is 19.6 Å². The third kappa shape index (κ3) is 6.60. The molecule has 0 radical (unpaired) electrons. The van der Waals surface area contributed by atoms with E-state index in [1.807, 2.05) is 36.1 Å². The van der Waals surface area contributed by atoms with Crippen LogP contribution < -0.4 is 0 Å². The Kier molecular flexibility index (Phi) is 8.61. The molecule has 0 saturated carbocycles. The van der Waals surface area contributed by atoms with Crippen molar-refractivity contribution in [3.8, 4) is 0 Å². The van der Waals surface area contributed by atoms with Crippen LogP contribution in [0.4, 0.5) is 8.78 Å². The maximum absolute atomic E-state index is 14.2. The summed E-state index contributed by atoms with van der Waals surface area (Å²) in [5.41, 5.74) is 2.09. The topological polar surface area (TPSA) is 45.2 Å². The van der Waals surface area contributed by atoms with E-state index >= 15 is 0 Å². The summed E-state index contributed by atoms with van der Waals surface area (Å²) >= 11 is 0. The van der Waals surface area contributed by atoms with Crippen molar-refractivity contribution >= 4 is 5.91 Å². The van der Waals surface area contributed by atoms with Crippen LogP contribution in [0.25, 0.3) is 0 Å². The lowest BCUT2D eigenvalue weighted by Crippen LogP contribution is -2.50. The lowest BCUT2D eigenvalue weighted by Gasteiger charge is -2.37. The lowest BCUT2D eigenvalue weighted by molar-refractivity contribution is -0.0445. The number of rotatable bonds is 8. The smallest absolute Gasteiger partial charge is 0.253 e. The molecule has 2 saturated heterocycles. The van der Waals surface area contributed by atoms with E-state index in [4.69, 9.17) is 9.47 Å². The molecule has 2 fully saturated rings. The number of carbonyl (C=O) groups excluding carboxylic acids is 1. The monoisotopic (exact) mass is 473 g/mol. The molecule has 0 bridgehead atoms. The molecule has 1 amide bonds. The third-order valence-electron chi connectivity index (χ3n) is 6.45. The van der Waals surface area contributed by atoms with E-state index in [0.29, 0.717) is 63.7 Å². The van der Waals surface area contributed by atoms with Crippen LogP contribution >= 0.6 is 0 Å². The highest BCUT2D eigenvalue weighted by Crippen LogP contribution is 2.17. The van der Waals surface area contributed by atoms with Crippen molar-refractivity contribution in [2.24, 2.45) is 0 Å². The van der Waals surface area contributed by atoms with Crippen molar-refractivity contribution in [3.05, 3.63) is 70.8 Å². The Balaban J connectivity index is 1.41. The highest BCUT2D eigenvalue weighted by molar-refractivity contribution is 5.94. The zero-order valence-corrected chi connectivity index (χ0v) is 19.7. The Morgan fingerprint density at radius 1 is 1.03 bits per heavy atom. The number of hydrogen-bond donors (Lipinski definition) is 0. The molecule has 8 heteroatoms. The Labute approximate surface area is 200 Å². The number of morpholine rings is 2. The number of carbonyl (C=O) groups is 1. The van der Waals surface area contributed by atoms with Gasteiger partial charge in [0.25, 0.3) is 5.91 Å². The molecule has 2 aliphatic heterocycles. The Morgan fingerprint density at radius 3 is 2.53 bits per heavy atom. The minimum Gasteiger partial charge on any atom is -0.379 e. The van der Waals surface area contributed by atoms with Gasteiger partial charge < -0.3 is 14.4 Å². The van der Waals surface area contributed by atoms with Gasteiger partial charge in [-0.3, -0.25) is 14.6 Å². The molecule has 2 aliphatic rings. The van der Waals surface area contributed by atoms with Gasteiger partial charge in [0.2, 0.25) is 0 Å². The maximum atomic E-state index is 14.2. The van der Waals surface area contributed by atoms with Gasteiger partial charge in [0.1, 0.15) is 0 Å². The SMILES string of the molecule is Cc1ccc(C(=O)N(CCN2CCOCC2)CC2CN(Cc3cccc(F)c3F)CCO2)cc1. The van der Waals surface area contributed by atoms with E-state index in [2.05, 4.69) is 9.80 Å². The van der Waals surface area contributed by atoms with E-state index in [1.165, 1.54) is 6.07 Å². The average Bonchev–Trinajstić information content (AvgIpc) is 2.85. The van der Waals surface area contributed by atoms with Crippen molar-refractivity contribution in [1.29, 1.82) is 0 Å². The van der Waals surface area contributed by atoms with Gasteiger partial charge in [-0.1, -0.05) is 29.8 Å². The summed E-state index contributed by atoms with van der Waals surface area (Å²) in [6.07, 6.45) is -0.204. The van der Waals surface area contributed by atoms with Gasteiger partial charge in [-0.25, -0.2) is 8.78 Å². The second-order valence-electron chi connectivity index (χ2n) is 9.01. The highest BCUT2D eigenvalue weighted by Gasteiger charge is 2.27. The first kappa shape index (κ1) is 24.7.